The molecule has 0 rings (SSSR count). The smallest absolute Gasteiger partial charge is 0.281 e. The molecule has 0 aliphatic heterocycles. The minimum atomic E-state index is -1.96. The Morgan fingerprint density at radius 3 is 2.50 bits per heavy atom. The van der Waals surface area contributed by atoms with E-state index in [1.54, 1.807) is 0 Å². The molecule has 0 radical (unpaired) electrons. The number of nitrogens with zero attached hydrogens (tertiary/aromatic N) is 1. The number of hydrogen-bond acceptors (Lipinski definition) is 2. The van der Waals surface area contributed by atoms with Crippen LogP contribution < -0.4 is 5.32 Å². The summed E-state index contributed by atoms with van der Waals surface area (Å²) < 4.78 is -1.96. The van der Waals surface area contributed by atoms with Gasteiger partial charge in [0.15, 0.2) is 0 Å². The Bertz CT molecular complexity index is 208. The van der Waals surface area contributed by atoms with Crippen molar-refractivity contribution in [2.75, 3.05) is 6.54 Å². The van der Waals surface area contributed by atoms with Crippen LogP contribution in [0.25, 0.3) is 0 Å². The zero-order chi connectivity index (χ0) is 9.78. The zero-order valence-corrected chi connectivity index (χ0v) is 8.41. The standard InChI is InChI=1S/C7H10Cl2N2O/c1-5(2)3-11-6(12)7(8,9)4-10/h5H,3H2,1-2H3,(H,11,12). The zero-order valence-electron chi connectivity index (χ0n) is 6.90. The molecule has 0 heterocycles. The summed E-state index contributed by atoms with van der Waals surface area (Å²) in [4.78, 5) is 11.0. The van der Waals surface area contributed by atoms with Gasteiger partial charge in [-0.25, -0.2) is 0 Å². The summed E-state index contributed by atoms with van der Waals surface area (Å²) in [7, 11) is 0. The van der Waals surface area contributed by atoms with Crippen molar-refractivity contribution in [1.29, 1.82) is 5.26 Å². The monoisotopic (exact) mass is 208 g/mol. The predicted octanol–water partition coefficient (Wildman–Crippen LogP) is 1.46. The summed E-state index contributed by atoms with van der Waals surface area (Å²) in [5.41, 5.74) is 0. The SMILES string of the molecule is CC(C)CNC(=O)C(Cl)(Cl)C#N. The van der Waals surface area contributed by atoms with Gasteiger partial charge in [0.25, 0.3) is 10.2 Å². The van der Waals surface area contributed by atoms with E-state index in [4.69, 9.17) is 28.5 Å². The van der Waals surface area contributed by atoms with Gasteiger partial charge in [0.05, 0.1) is 0 Å². The molecule has 0 bridgehead atoms. The van der Waals surface area contributed by atoms with Crippen molar-refractivity contribution in [1.82, 2.24) is 5.32 Å². The van der Waals surface area contributed by atoms with E-state index in [0.717, 1.165) is 0 Å². The van der Waals surface area contributed by atoms with Crippen LogP contribution in [0.3, 0.4) is 0 Å². The maximum absolute atomic E-state index is 11.0. The molecule has 0 aromatic carbocycles. The molecule has 0 aliphatic carbocycles. The maximum atomic E-state index is 11.0. The molecule has 0 saturated carbocycles. The molecule has 0 aliphatic rings. The van der Waals surface area contributed by atoms with Crippen LogP contribution in [0.15, 0.2) is 0 Å². The first-order chi connectivity index (χ1) is 5.40. The predicted molar refractivity (Wildman–Crippen MR) is 47.9 cm³/mol. The van der Waals surface area contributed by atoms with Crippen LogP contribution >= 0.6 is 23.2 Å². The molecule has 12 heavy (non-hydrogen) atoms. The highest BCUT2D eigenvalue weighted by Gasteiger charge is 2.33. The number of nitrogens with one attached hydrogen (secondary N) is 1. The topological polar surface area (TPSA) is 52.9 Å². The molecule has 0 spiro atoms. The second kappa shape index (κ2) is 4.54. The van der Waals surface area contributed by atoms with Gasteiger partial charge in [-0.1, -0.05) is 37.0 Å². The number of carbonyl (C=O) groups is 1. The minimum Gasteiger partial charge on any atom is -0.352 e. The van der Waals surface area contributed by atoms with E-state index < -0.39 is 10.2 Å². The molecule has 0 aromatic heterocycles. The third kappa shape index (κ3) is 3.80. The Labute approximate surface area is 81.6 Å². The number of carbonyl (C=O) groups excluding carboxylic acids is 1. The Morgan fingerprint density at radius 2 is 2.17 bits per heavy atom. The summed E-state index contributed by atoms with van der Waals surface area (Å²) in [6.07, 6.45) is 0. The van der Waals surface area contributed by atoms with Crippen molar-refractivity contribution >= 4 is 29.1 Å². The molecule has 3 nitrogen and oxygen atoms in total. The highest BCUT2D eigenvalue weighted by atomic mass is 35.5. The van der Waals surface area contributed by atoms with E-state index in [-0.39, 0.29) is 0 Å². The minimum absolute atomic E-state index is 0.303. The molecular formula is C7H10Cl2N2O. The maximum Gasteiger partial charge on any atom is 0.281 e. The fourth-order valence-electron chi connectivity index (χ4n) is 0.459. The Morgan fingerprint density at radius 1 is 1.67 bits per heavy atom. The first-order valence-electron chi connectivity index (χ1n) is 3.47. The van der Waals surface area contributed by atoms with E-state index in [0.29, 0.717) is 12.5 Å². The van der Waals surface area contributed by atoms with E-state index in [9.17, 15) is 4.79 Å². The van der Waals surface area contributed by atoms with Crippen molar-refractivity contribution in [3.05, 3.63) is 0 Å². The third-order valence-electron chi connectivity index (χ3n) is 1.10. The van der Waals surface area contributed by atoms with Gasteiger partial charge < -0.3 is 5.32 Å². The first-order valence-corrected chi connectivity index (χ1v) is 4.23. The lowest BCUT2D eigenvalue weighted by Crippen LogP contribution is -2.39. The molecule has 1 amide bonds. The average molecular weight is 209 g/mol. The molecule has 5 heteroatoms. The van der Waals surface area contributed by atoms with Gasteiger partial charge in [-0.15, -0.1) is 0 Å². The van der Waals surface area contributed by atoms with Crippen LogP contribution in [0, 0.1) is 17.2 Å². The lowest BCUT2D eigenvalue weighted by atomic mass is 10.2. The molecule has 0 fully saturated rings. The molecular weight excluding hydrogens is 199 g/mol. The van der Waals surface area contributed by atoms with Gasteiger partial charge >= 0.3 is 0 Å². The molecule has 0 saturated heterocycles. The number of rotatable bonds is 3. The fraction of sp³-hybridized carbons (Fsp3) is 0.714. The van der Waals surface area contributed by atoms with Gasteiger partial charge in [0.2, 0.25) is 0 Å². The molecule has 0 unspecified atom stereocenters. The molecule has 1 N–H and O–H groups in total. The summed E-state index contributed by atoms with van der Waals surface area (Å²) in [5.74, 6) is -0.362. The largest absolute Gasteiger partial charge is 0.352 e. The van der Waals surface area contributed by atoms with Crippen LogP contribution in [-0.4, -0.2) is 16.8 Å². The number of hydrogen-bond donors (Lipinski definition) is 1. The van der Waals surface area contributed by atoms with Crippen molar-refractivity contribution < 1.29 is 4.79 Å². The van der Waals surface area contributed by atoms with E-state index in [1.165, 1.54) is 6.07 Å². The quantitative estimate of drug-likeness (QED) is 0.715. The summed E-state index contributed by atoms with van der Waals surface area (Å²) in [6, 6.07) is 1.48. The number of alkyl halides is 2. The molecule has 0 aromatic rings. The average Bonchev–Trinajstić information content (AvgIpc) is 2.00. The van der Waals surface area contributed by atoms with E-state index >= 15 is 0 Å². The van der Waals surface area contributed by atoms with Gasteiger partial charge in [0, 0.05) is 6.54 Å². The van der Waals surface area contributed by atoms with Crippen LogP contribution in [0.5, 0.6) is 0 Å². The van der Waals surface area contributed by atoms with Crippen molar-refractivity contribution in [3.8, 4) is 6.07 Å². The fourth-order valence-corrected chi connectivity index (χ4v) is 0.592. The Kier molecular flexibility index (Phi) is 4.36. The summed E-state index contributed by atoms with van der Waals surface area (Å²) >= 11 is 10.7. The Balaban J connectivity index is 3.99. The lowest BCUT2D eigenvalue weighted by molar-refractivity contribution is -0.120. The van der Waals surface area contributed by atoms with E-state index in [2.05, 4.69) is 5.32 Å². The normalized spacial score (nSPS) is 11.0. The van der Waals surface area contributed by atoms with Gasteiger partial charge in [-0.2, -0.15) is 5.26 Å². The van der Waals surface area contributed by atoms with Crippen molar-refractivity contribution in [2.45, 2.75) is 18.2 Å². The number of amides is 1. The van der Waals surface area contributed by atoms with Crippen LogP contribution in [0.1, 0.15) is 13.8 Å². The van der Waals surface area contributed by atoms with E-state index in [1.807, 2.05) is 13.8 Å². The second-order valence-corrected chi connectivity index (χ2v) is 4.12. The lowest BCUT2D eigenvalue weighted by Gasteiger charge is -2.12. The highest BCUT2D eigenvalue weighted by molar-refractivity contribution is 6.60. The summed E-state index contributed by atoms with van der Waals surface area (Å²) in [6.45, 7) is 4.31. The van der Waals surface area contributed by atoms with Crippen LogP contribution in [0.2, 0.25) is 0 Å². The van der Waals surface area contributed by atoms with Gasteiger partial charge in [-0.05, 0) is 5.92 Å². The summed E-state index contributed by atoms with van der Waals surface area (Å²) in [5, 5.41) is 10.8. The van der Waals surface area contributed by atoms with Crippen LogP contribution in [-0.2, 0) is 4.79 Å². The Hall–Kier alpha value is -0.460. The first kappa shape index (κ1) is 11.5. The number of halogens is 2. The van der Waals surface area contributed by atoms with Crippen molar-refractivity contribution in [3.63, 3.8) is 0 Å². The van der Waals surface area contributed by atoms with Gasteiger partial charge in [0.1, 0.15) is 6.07 Å². The van der Waals surface area contributed by atoms with Crippen molar-refractivity contribution in [2.24, 2.45) is 5.92 Å². The van der Waals surface area contributed by atoms with Crippen LogP contribution in [0.4, 0.5) is 0 Å². The highest BCUT2D eigenvalue weighted by Crippen LogP contribution is 2.19. The molecule has 0 atom stereocenters. The molecule has 68 valence electrons. The number of nitriles is 1. The second-order valence-electron chi connectivity index (χ2n) is 2.79. The van der Waals surface area contributed by atoms with Gasteiger partial charge in [-0.3, -0.25) is 4.79 Å². The third-order valence-corrected chi connectivity index (χ3v) is 1.61.